The first kappa shape index (κ1) is 22.6. The van der Waals surface area contributed by atoms with E-state index in [1.165, 1.54) is 0 Å². The van der Waals surface area contributed by atoms with Crippen molar-refractivity contribution in [3.8, 4) is 0 Å². The molecular formula is C4H13ClO3V. The van der Waals surface area contributed by atoms with E-state index in [0.29, 0.717) is 0 Å². The summed E-state index contributed by atoms with van der Waals surface area (Å²) in [5, 5.41) is 15.1. The average Bonchev–Trinajstić information content (AvgIpc) is 1.75. The molecule has 0 aromatic carbocycles. The molecule has 0 unspecified atom stereocenters. The Hall–Kier alpha value is 0.594. The van der Waals surface area contributed by atoms with Crippen LogP contribution in [-0.4, -0.2) is 23.4 Å². The third-order valence-electron chi connectivity index (χ3n) is 0. The molecule has 0 aliphatic heterocycles. The van der Waals surface area contributed by atoms with Crippen molar-refractivity contribution in [2.45, 2.75) is 13.8 Å². The molecule has 0 saturated carbocycles. The van der Waals surface area contributed by atoms with Gasteiger partial charge in [-0.2, -0.15) is 0 Å². The van der Waals surface area contributed by atoms with Crippen molar-refractivity contribution in [3.63, 3.8) is 0 Å². The fraction of sp³-hybridized carbons (Fsp3) is 1.00. The Morgan fingerprint density at radius 1 is 1.11 bits per heavy atom. The summed E-state index contributed by atoms with van der Waals surface area (Å²) in [6.07, 6.45) is 0. The van der Waals surface area contributed by atoms with Crippen LogP contribution in [0.3, 0.4) is 0 Å². The van der Waals surface area contributed by atoms with Gasteiger partial charge < -0.3 is 10.2 Å². The Labute approximate surface area is 71.1 Å². The van der Waals surface area contributed by atoms with Gasteiger partial charge in [-0.3, -0.25) is 0 Å². The quantitative estimate of drug-likeness (QED) is 0.585. The van der Waals surface area contributed by atoms with E-state index in [9.17, 15) is 0 Å². The number of hydrogen-bond donors (Lipinski definition) is 2. The Balaban J connectivity index is -0.0000000202. The molecule has 9 heavy (non-hydrogen) atoms. The molecule has 0 aromatic rings. The van der Waals surface area contributed by atoms with E-state index < -0.39 is 0 Å². The van der Waals surface area contributed by atoms with Crippen LogP contribution in [0, 0.1) is 0 Å². The van der Waals surface area contributed by atoms with Gasteiger partial charge in [0, 0.05) is 13.2 Å². The second-order valence-corrected chi connectivity index (χ2v) is 0.632. The van der Waals surface area contributed by atoms with E-state index in [2.05, 4.69) is 0 Å². The summed E-state index contributed by atoms with van der Waals surface area (Å²) in [5.74, 6) is 0. The third kappa shape index (κ3) is 1060. The van der Waals surface area contributed by atoms with Crippen LogP contribution >= 0.6 is 12.4 Å². The Morgan fingerprint density at radius 3 is 1.11 bits per heavy atom. The van der Waals surface area contributed by atoms with Gasteiger partial charge in [-0.1, -0.05) is 0 Å². The minimum atomic E-state index is 0. The minimum absolute atomic E-state index is 0. The summed E-state index contributed by atoms with van der Waals surface area (Å²) >= 11 is 1.06. The maximum atomic E-state index is 8.19. The first-order chi connectivity index (χ1) is 3.83. The normalized spacial score (nSPS) is 4.33. The molecule has 0 aliphatic rings. The molecule has 3 nitrogen and oxygen atoms in total. The van der Waals surface area contributed by atoms with Gasteiger partial charge in [-0.05, 0) is 13.8 Å². The van der Waals surface area contributed by atoms with E-state index in [1.54, 1.807) is 13.8 Å². The van der Waals surface area contributed by atoms with Gasteiger partial charge in [0.2, 0.25) is 0 Å². The predicted molar refractivity (Wildman–Crippen MR) is 33.5 cm³/mol. The first-order valence-electron chi connectivity index (χ1n) is 2.23. The number of aliphatic hydroxyl groups is 2. The average molecular weight is 196 g/mol. The van der Waals surface area contributed by atoms with Crippen LogP contribution < -0.4 is 0 Å². The summed E-state index contributed by atoms with van der Waals surface area (Å²) < 4.78 is 8.19. The Morgan fingerprint density at radius 2 is 1.11 bits per heavy atom. The first-order valence-corrected chi connectivity index (χ1v) is 2.80. The molecule has 0 fully saturated rings. The molecule has 0 aliphatic carbocycles. The molecule has 5 heteroatoms. The molecule has 0 aromatic heterocycles. The second-order valence-electron chi connectivity index (χ2n) is 0.632. The van der Waals surface area contributed by atoms with Crippen molar-refractivity contribution in [3.05, 3.63) is 0 Å². The zero-order valence-electron chi connectivity index (χ0n) is 5.57. The van der Waals surface area contributed by atoms with E-state index in [0.717, 1.165) is 17.4 Å². The van der Waals surface area contributed by atoms with Crippen molar-refractivity contribution >= 4 is 12.4 Å². The van der Waals surface area contributed by atoms with Crippen LogP contribution in [0.1, 0.15) is 13.8 Å². The van der Waals surface area contributed by atoms with Gasteiger partial charge in [0.1, 0.15) is 0 Å². The van der Waals surface area contributed by atoms with Crippen LogP contribution in [0.15, 0.2) is 0 Å². The van der Waals surface area contributed by atoms with Crippen molar-refractivity contribution in [2.75, 3.05) is 13.2 Å². The van der Waals surface area contributed by atoms with Gasteiger partial charge in [-0.25, -0.2) is 0 Å². The van der Waals surface area contributed by atoms with Crippen LogP contribution in [0.4, 0.5) is 0 Å². The number of halogens is 1. The zero-order chi connectivity index (χ0) is 7.41. The number of hydrogen-bond acceptors (Lipinski definition) is 3. The molecule has 0 rings (SSSR count). The summed E-state index contributed by atoms with van der Waals surface area (Å²) in [7, 11) is 0. The van der Waals surface area contributed by atoms with Crippen LogP contribution in [0.5, 0.6) is 0 Å². The molecule has 0 heterocycles. The van der Waals surface area contributed by atoms with E-state index >= 15 is 0 Å². The molecule has 0 atom stereocenters. The maximum absolute atomic E-state index is 8.19. The molecule has 0 amide bonds. The Bertz CT molecular complexity index is 23.3. The predicted octanol–water partition coefficient (Wildman–Crippen LogP) is 0.298. The summed E-state index contributed by atoms with van der Waals surface area (Å²) in [4.78, 5) is 0. The van der Waals surface area contributed by atoms with Crippen molar-refractivity contribution in [1.29, 1.82) is 0 Å². The molecule has 0 bridgehead atoms. The van der Waals surface area contributed by atoms with Gasteiger partial charge >= 0.3 is 21.0 Å². The standard InChI is InChI=1S/2C2H6O.ClH.O.V/c2*1-2-3;;;/h2*3H,2H2,1H3;1H;;. The van der Waals surface area contributed by atoms with Gasteiger partial charge in [0.05, 0.1) is 0 Å². The van der Waals surface area contributed by atoms with Gasteiger partial charge in [0.15, 0.2) is 0 Å². The summed E-state index contributed by atoms with van der Waals surface area (Å²) in [6, 6.07) is 0. The monoisotopic (exact) mass is 195 g/mol. The van der Waals surface area contributed by atoms with E-state index in [-0.39, 0.29) is 25.6 Å². The Kier molecular flexibility index (Phi) is 185. The molecule has 0 radical (unpaired) electrons. The van der Waals surface area contributed by atoms with Crippen LogP contribution in [0.2, 0.25) is 0 Å². The molecule has 59 valence electrons. The third-order valence-corrected chi connectivity index (χ3v) is 0. The van der Waals surface area contributed by atoms with Crippen molar-refractivity contribution < 1.29 is 31.3 Å². The second kappa shape index (κ2) is 73.6. The van der Waals surface area contributed by atoms with Crippen molar-refractivity contribution in [2.24, 2.45) is 0 Å². The SMILES string of the molecule is CCO.CCO.Cl.[O]=[V]. The molecule has 0 spiro atoms. The molecular weight excluding hydrogens is 182 g/mol. The summed E-state index contributed by atoms with van der Waals surface area (Å²) in [5.41, 5.74) is 0. The molecule has 2 N–H and O–H groups in total. The number of aliphatic hydroxyl groups excluding tert-OH is 2. The van der Waals surface area contributed by atoms with Crippen LogP contribution in [-0.2, 0) is 21.0 Å². The fourth-order valence-electron chi connectivity index (χ4n) is 0. The van der Waals surface area contributed by atoms with E-state index in [4.69, 9.17) is 13.9 Å². The van der Waals surface area contributed by atoms with E-state index in [1.807, 2.05) is 0 Å². The van der Waals surface area contributed by atoms with Gasteiger partial charge in [0.25, 0.3) is 0 Å². The van der Waals surface area contributed by atoms with Gasteiger partial charge in [-0.15, -0.1) is 12.4 Å². The zero-order valence-corrected chi connectivity index (χ0v) is 7.79. The fourth-order valence-corrected chi connectivity index (χ4v) is 0. The van der Waals surface area contributed by atoms with Crippen molar-refractivity contribution in [1.82, 2.24) is 0 Å². The summed E-state index contributed by atoms with van der Waals surface area (Å²) in [6.45, 7) is 3.86. The van der Waals surface area contributed by atoms with Crippen LogP contribution in [0.25, 0.3) is 0 Å². The molecule has 0 saturated heterocycles. The topological polar surface area (TPSA) is 57.5 Å². The number of rotatable bonds is 0.